The van der Waals surface area contributed by atoms with Crippen LogP contribution in [0.3, 0.4) is 0 Å². The first kappa shape index (κ1) is 14.2. The fourth-order valence-electron chi connectivity index (χ4n) is 2.51. The van der Waals surface area contributed by atoms with Gasteiger partial charge in [0.15, 0.2) is 0 Å². The normalized spacial score (nSPS) is 11.0. The van der Waals surface area contributed by atoms with Crippen LogP contribution in [0.15, 0.2) is 60.7 Å². The van der Waals surface area contributed by atoms with Gasteiger partial charge in [0.25, 0.3) is 0 Å². The van der Waals surface area contributed by atoms with Crippen molar-refractivity contribution < 1.29 is 4.74 Å². The highest BCUT2D eigenvalue weighted by Gasteiger charge is 2.11. The quantitative estimate of drug-likeness (QED) is 0.427. The number of para-hydroxylation sites is 2. The zero-order chi connectivity index (χ0) is 15.8. The maximum Gasteiger partial charge on any atom is 0.139 e. The summed E-state index contributed by atoms with van der Waals surface area (Å²) >= 11 is 12.2. The van der Waals surface area contributed by atoms with Crippen molar-refractivity contribution in [3.8, 4) is 11.5 Å². The van der Waals surface area contributed by atoms with Gasteiger partial charge >= 0.3 is 0 Å². The Labute approximate surface area is 142 Å². The smallest absolute Gasteiger partial charge is 0.139 e. The molecule has 0 spiro atoms. The van der Waals surface area contributed by atoms with Gasteiger partial charge < -0.3 is 4.74 Å². The lowest BCUT2D eigenvalue weighted by Gasteiger charge is -2.11. The van der Waals surface area contributed by atoms with E-state index in [4.69, 9.17) is 27.9 Å². The van der Waals surface area contributed by atoms with E-state index in [0.29, 0.717) is 21.8 Å². The monoisotopic (exact) mass is 340 g/mol. The van der Waals surface area contributed by atoms with Crippen LogP contribution in [0, 0.1) is 0 Å². The molecule has 2 aromatic heterocycles. The third kappa shape index (κ3) is 2.69. The zero-order valence-electron chi connectivity index (χ0n) is 11.8. The van der Waals surface area contributed by atoms with E-state index in [1.807, 2.05) is 48.5 Å². The van der Waals surface area contributed by atoms with E-state index < -0.39 is 0 Å². The van der Waals surface area contributed by atoms with Crippen molar-refractivity contribution in [3.63, 3.8) is 0 Å². The van der Waals surface area contributed by atoms with Crippen LogP contribution < -0.4 is 4.74 Å². The summed E-state index contributed by atoms with van der Waals surface area (Å²) in [5.41, 5.74) is 1.55. The van der Waals surface area contributed by atoms with Crippen molar-refractivity contribution in [3.05, 3.63) is 71.0 Å². The average Bonchev–Trinajstić information content (AvgIpc) is 2.54. The Balaban J connectivity index is 1.92. The number of rotatable bonds is 2. The number of hydrogen-bond acceptors (Lipinski definition) is 3. The van der Waals surface area contributed by atoms with Crippen LogP contribution >= 0.6 is 23.2 Å². The Hall–Kier alpha value is -2.36. The summed E-state index contributed by atoms with van der Waals surface area (Å²) < 4.78 is 6.12. The van der Waals surface area contributed by atoms with E-state index >= 15 is 0 Å². The minimum atomic E-state index is 0.378. The number of nitrogens with zero attached hydrogens (tertiary/aromatic N) is 2. The Morgan fingerprint density at radius 2 is 1.09 bits per heavy atom. The summed E-state index contributed by atoms with van der Waals surface area (Å²) in [5.74, 6) is 1.26. The Kier molecular flexibility index (Phi) is 3.52. The standard InChI is InChI=1S/C18H10Cl2N2O/c19-17-9-15(11-5-1-3-7-13(11)21-17)23-16-10-18(20)22-14-8-4-2-6-12(14)16/h1-10H. The third-order valence-corrected chi connectivity index (χ3v) is 3.90. The van der Waals surface area contributed by atoms with Gasteiger partial charge in [-0.15, -0.1) is 0 Å². The second kappa shape index (κ2) is 5.69. The molecule has 2 aromatic carbocycles. The topological polar surface area (TPSA) is 35.0 Å². The second-order valence-corrected chi connectivity index (χ2v) is 5.80. The number of pyridine rings is 2. The van der Waals surface area contributed by atoms with Gasteiger partial charge in [-0.2, -0.15) is 0 Å². The summed E-state index contributed by atoms with van der Waals surface area (Å²) in [6.45, 7) is 0. The first-order chi connectivity index (χ1) is 11.2. The summed E-state index contributed by atoms with van der Waals surface area (Å²) in [6.07, 6.45) is 0. The molecule has 0 aliphatic carbocycles. The van der Waals surface area contributed by atoms with Gasteiger partial charge in [-0.05, 0) is 24.3 Å². The van der Waals surface area contributed by atoms with Gasteiger partial charge in [0.05, 0.1) is 11.0 Å². The highest BCUT2D eigenvalue weighted by atomic mass is 35.5. The molecule has 0 atom stereocenters. The lowest BCUT2D eigenvalue weighted by molar-refractivity contribution is 0.493. The van der Waals surface area contributed by atoms with Crippen molar-refractivity contribution in [1.29, 1.82) is 0 Å². The number of benzene rings is 2. The summed E-state index contributed by atoms with van der Waals surface area (Å²) in [5, 5.41) is 2.52. The minimum absolute atomic E-state index is 0.378. The van der Waals surface area contributed by atoms with Crippen LogP contribution in [0.2, 0.25) is 10.3 Å². The van der Waals surface area contributed by atoms with Crippen LogP contribution in [0.5, 0.6) is 11.5 Å². The van der Waals surface area contributed by atoms with Crippen LogP contribution in [0.4, 0.5) is 0 Å². The summed E-state index contributed by atoms with van der Waals surface area (Å²) in [4.78, 5) is 8.61. The first-order valence-electron chi connectivity index (χ1n) is 6.99. The lowest BCUT2D eigenvalue weighted by Crippen LogP contribution is -1.91. The number of aromatic nitrogens is 2. The van der Waals surface area contributed by atoms with E-state index in [1.165, 1.54) is 0 Å². The van der Waals surface area contributed by atoms with Gasteiger partial charge in [0.2, 0.25) is 0 Å². The average molecular weight is 341 g/mol. The molecule has 0 aliphatic heterocycles. The van der Waals surface area contributed by atoms with Crippen LogP contribution in [-0.2, 0) is 0 Å². The van der Waals surface area contributed by atoms with Crippen molar-refractivity contribution >= 4 is 45.0 Å². The number of fused-ring (bicyclic) bond motifs is 2. The van der Waals surface area contributed by atoms with Crippen molar-refractivity contribution in [2.75, 3.05) is 0 Å². The maximum absolute atomic E-state index is 6.12. The van der Waals surface area contributed by atoms with Gasteiger partial charge in [-0.25, -0.2) is 9.97 Å². The minimum Gasteiger partial charge on any atom is -0.456 e. The van der Waals surface area contributed by atoms with E-state index in [-0.39, 0.29) is 0 Å². The molecule has 0 saturated heterocycles. The second-order valence-electron chi connectivity index (χ2n) is 5.02. The van der Waals surface area contributed by atoms with Crippen molar-refractivity contribution in [2.24, 2.45) is 0 Å². The highest BCUT2D eigenvalue weighted by molar-refractivity contribution is 6.30. The first-order valence-corrected chi connectivity index (χ1v) is 7.75. The van der Waals surface area contributed by atoms with E-state index in [9.17, 15) is 0 Å². The molecule has 0 fully saturated rings. The molecule has 0 bridgehead atoms. The highest BCUT2D eigenvalue weighted by Crippen LogP contribution is 2.35. The fraction of sp³-hybridized carbons (Fsp3) is 0. The molecule has 4 rings (SSSR count). The van der Waals surface area contributed by atoms with Gasteiger partial charge in [0, 0.05) is 22.9 Å². The van der Waals surface area contributed by atoms with Crippen molar-refractivity contribution in [2.45, 2.75) is 0 Å². The molecule has 5 heteroatoms. The van der Waals surface area contributed by atoms with Crippen LogP contribution in [0.25, 0.3) is 21.8 Å². The van der Waals surface area contributed by atoms with Gasteiger partial charge in [-0.3, -0.25) is 0 Å². The zero-order valence-corrected chi connectivity index (χ0v) is 13.3. The summed E-state index contributed by atoms with van der Waals surface area (Å²) in [6, 6.07) is 18.8. The molecular formula is C18H10Cl2N2O. The Bertz CT molecular complexity index is 951. The fourth-order valence-corrected chi connectivity index (χ4v) is 2.89. The lowest BCUT2D eigenvalue weighted by atomic mass is 10.2. The van der Waals surface area contributed by atoms with E-state index in [1.54, 1.807) is 12.1 Å². The molecule has 0 unspecified atom stereocenters. The molecule has 3 nitrogen and oxygen atoms in total. The molecule has 112 valence electrons. The Morgan fingerprint density at radius 1 is 0.652 bits per heavy atom. The molecule has 0 aliphatic rings. The molecule has 0 saturated carbocycles. The molecule has 23 heavy (non-hydrogen) atoms. The van der Waals surface area contributed by atoms with E-state index in [2.05, 4.69) is 9.97 Å². The number of halogens is 2. The predicted octanol–water partition coefficient (Wildman–Crippen LogP) is 5.88. The van der Waals surface area contributed by atoms with Crippen molar-refractivity contribution in [1.82, 2.24) is 9.97 Å². The largest absolute Gasteiger partial charge is 0.456 e. The molecule has 0 N–H and O–H groups in total. The number of hydrogen-bond donors (Lipinski definition) is 0. The maximum atomic E-state index is 6.12. The number of ether oxygens (including phenoxy) is 1. The predicted molar refractivity (Wildman–Crippen MR) is 93.6 cm³/mol. The van der Waals surface area contributed by atoms with Gasteiger partial charge in [-0.1, -0.05) is 47.5 Å². The molecule has 4 aromatic rings. The van der Waals surface area contributed by atoms with Crippen LogP contribution in [0.1, 0.15) is 0 Å². The van der Waals surface area contributed by atoms with Crippen LogP contribution in [-0.4, -0.2) is 9.97 Å². The summed E-state index contributed by atoms with van der Waals surface area (Å²) in [7, 11) is 0. The molecule has 0 amide bonds. The molecule has 2 heterocycles. The molecule has 0 radical (unpaired) electrons. The van der Waals surface area contributed by atoms with Gasteiger partial charge in [0.1, 0.15) is 21.8 Å². The SMILES string of the molecule is Clc1cc(Oc2cc(Cl)nc3ccccc23)c2ccccc2n1. The Morgan fingerprint density at radius 3 is 1.57 bits per heavy atom. The van der Waals surface area contributed by atoms with E-state index in [0.717, 1.165) is 21.8 Å². The molecular weight excluding hydrogens is 331 g/mol. The third-order valence-electron chi connectivity index (χ3n) is 3.51.